The molecule has 1 atom stereocenters. The number of aryl methyl sites for hydroxylation is 1. The van der Waals surface area contributed by atoms with E-state index in [9.17, 15) is 0 Å². The van der Waals surface area contributed by atoms with Crippen LogP contribution in [-0.4, -0.2) is 13.1 Å². The number of nitrogens with zero attached hydrogens (tertiary/aromatic N) is 1. The van der Waals surface area contributed by atoms with E-state index in [-0.39, 0.29) is 0 Å². The van der Waals surface area contributed by atoms with Gasteiger partial charge >= 0.3 is 0 Å². The molecule has 0 radical (unpaired) electrons. The topological polar surface area (TPSA) is 29.3 Å². The van der Waals surface area contributed by atoms with E-state index in [0.29, 0.717) is 5.92 Å². The van der Waals surface area contributed by atoms with Crippen molar-refractivity contribution in [3.8, 4) is 0 Å². The number of fused-ring (bicyclic) bond motifs is 2. The van der Waals surface area contributed by atoms with Gasteiger partial charge in [0.2, 0.25) is 0 Å². The van der Waals surface area contributed by atoms with Crippen LogP contribution in [-0.2, 0) is 12.8 Å². The molecule has 2 N–H and O–H groups in total. The summed E-state index contributed by atoms with van der Waals surface area (Å²) in [4.78, 5) is 2.54. The zero-order valence-electron chi connectivity index (χ0n) is 12.4. The molecule has 1 heterocycles. The normalized spacial score (nSPS) is 20.2. The van der Waals surface area contributed by atoms with Crippen molar-refractivity contribution in [3.05, 3.63) is 59.2 Å². The van der Waals surface area contributed by atoms with E-state index in [2.05, 4.69) is 41.3 Å². The molecule has 2 heteroatoms. The number of nitrogens with two attached hydrogens (primary N) is 1. The molecule has 0 spiro atoms. The van der Waals surface area contributed by atoms with Gasteiger partial charge in [0, 0.05) is 30.4 Å². The maximum Gasteiger partial charge on any atom is 0.0420 e. The molecule has 2 nitrogen and oxygen atoms in total. The Balaban J connectivity index is 1.60. The summed E-state index contributed by atoms with van der Waals surface area (Å²) in [6.45, 7) is 2.27. The molecule has 0 saturated carbocycles. The third kappa shape index (κ3) is 2.29. The Kier molecular flexibility index (Phi) is 3.10. The van der Waals surface area contributed by atoms with E-state index in [1.165, 1.54) is 30.5 Å². The summed E-state index contributed by atoms with van der Waals surface area (Å²) in [5.41, 5.74) is 12.8. The number of nitrogen functional groups attached to an aromatic ring is 1. The Bertz CT molecular complexity index is 662. The predicted molar refractivity (Wildman–Crippen MR) is 88.9 cm³/mol. The summed E-state index contributed by atoms with van der Waals surface area (Å²) in [5.74, 6) is 0.669. The molecular formula is C19H22N2. The largest absolute Gasteiger partial charge is 0.399 e. The minimum atomic E-state index is 0.669. The Morgan fingerprint density at radius 2 is 1.95 bits per heavy atom. The van der Waals surface area contributed by atoms with Crippen LogP contribution in [0.3, 0.4) is 0 Å². The van der Waals surface area contributed by atoms with E-state index < -0.39 is 0 Å². The van der Waals surface area contributed by atoms with E-state index in [1.807, 2.05) is 6.07 Å². The molecule has 108 valence electrons. The summed E-state index contributed by atoms with van der Waals surface area (Å²) in [7, 11) is 0. The summed E-state index contributed by atoms with van der Waals surface area (Å²) in [6.07, 6.45) is 5.03. The highest BCUT2D eigenvalue weighted by Crippen LogP contribution is 2.36. The number of benzene rings is 2. The molecule has 0 saturated heterocycles. The lowest BCUT2D eigenvalue weighted by Gasteiger charge is -2.30. The fourth-order valence-corrected chi connectivity index (χ4v) is 3.96. The van der Waals surface area contributed by atoms with Crippen LogP contribution in [0.25, 0.3) is 0 Å². The van der Waals surface area contributed by atoms with Gasteiger partial charge in [0.05, 0.1) is 0 Å². The Hall–Kier alpha value is -1.96. The van der Waals surface area contributed by atoms with Gasteiger partial charge in [0.15, 0.2) is 0 Å². The summed E-state index contributed by atoms with van der Waals surface area (Å²) in [6, 6.07) is 15.4. The number of hydrogen-bond donors (Lipinski definition) is 1. The highest BCUT2D eigenvalue weighted by Gasteiger charge is 2.26. The lowest BCUT2D eigenvalue weighted by molar-refractivity contribution is 0.544. The van der Waals surface area contributed by atoms with Crippen LogP contribution >= 0.6 is 0 Å². The van der Waals surface area contributed by atoms with Crippen LogP contribution in [0, 0.1) is 0 Å². The fourth-order valence-electron chi connectivity index (χ4n) is 3.96. The van der Waals surface area contributed by atoms with Gasteiger partial charge in [-0.15, -0.1) is 0 Å². The lowest BCUT2D eigenvalue weighted by atomic mass is 9.82. The van der Waals surface area contributed by atoms with Crippen molar-refractivity contribution in [2.75, 3.05) is 23.7 Å². The third-order valence-corrected chi connectivity index (χ3v) is 5.04. The van der Waals surface area contributed by atoms with Gasteiger partial charge in [0.1, 0.15) is 0 Å². The zero-order valence-corrected chi connectivity index (χ0v) is 12.4. The van der Waals surface area contributed by atoms with Gasteiger partial charge in [-0.3, -0.25) is 0 Å². The summed E-state index contributed by atoms with van der Waals surface area (Å²) >= 11 is 0. The molecule has 1 unspecified atom stereocenters. The average Bonchev–Trinajstić information content (AvgIpc) is 2.90. The molecule has 0 bridgehead atoms. The van der Waals surface area contributed by atoms with Gasteiger partial charge in [-0.2, -0.15) is 0 Å². The Morgan fingerprint density at radius 1 is 1.05 bits per heavy atom. The Labute approximate surface area is 126 Å². The highest BCUT2D eigenvalue weighted by molar-refractivity contribution is 5.64. The van der Waals surface area contributed by atoms with Gasteiger partial charge < -0.3 is 10.6 Å². The highest BCUT2D eigenvalue weighted by atomic mass is 15.1. The standard InChI is InChI=1S/C19H22N2/c20-17-9-8-15-10-11-21(19(15)12-17)13-16-6-3-5-14-4-1-2-7-18(14)16/h1-2,4,7-9,12,16H,3,5-6,10-11,13,20H2. The predicted octanol–water partition coefficient (Wildman–Crippen LogP) is 3.75. The van der Waals surface area contributed by atoms with Gasteiger partial charge in [-0.05, 0) is 54.5 Å². The number of rotatable bonds is 2. The average molecular weight is 278 g/mol. The second-order valence-corrected chi connectivity index (χ2v) is 6.37. The van der Waals surface area contributed by atoms with Crippen LogP contribution in [0.15, 0.2) is 42.5 Å². The Morgan fingerprint density at radius 3 is 2.90 bits per heavy atom. The van der Waals surface area contributed by atoms with Crippen LogP contribution < -0.4 is 10.6 Å². The van der Waals surface area contributed by atoms with Crippen molar-refractivity contribution in [2.45, 2.75) is 31.6 Å². The molecule has 1 aliphatic carbocycles. The molecular weight excluding hydrogens is 256 g/mol. The fraction of sp³-hybridized carbons (Fsp3) is 0.368. The summed E-state index contributed by atoms with van der Waals surface area (Å²) in [5, 5.41) is 0. The number of hydrogen-bond acceptors (Lipinski definition) is 2. The SMILES string of the molecule is Nc1ccc2c(c1)N(CC1CCCc3ccccc31)CC2. The maximum atomic E-state index is 5.98. The van der Waals surface area contributed by atoms with Crippen LogP contribution in [0.4, 0.5) is 11.4 Å². The first-order valence-electron chi connectivity index (χ1n) is 8.02. The van der Waals surface area contributed by atoms with Gasteiger partial charge in [0.25, 0.3) is 0 Å². The molecule has 2 aromatic rings. The van der Waals surface area contributed by atoms with Crippen LogP contribution in [0.1, 0.15) is 35.4 Å². The number of anilines is 2. The van der Waals surface area contributed by atoms with E-state index in [0.717, 1.165) is 25.2 Å². The van der Waals surface area contributed by atoms with Crippen molar-refractivity contribution in [3.63, 3.8) is 0 Å². The summed E-state index contributed by atoms with van der Waals surface area (Å²) < 4.78 is 0. The van der Waals surface area contributed by atoms with E-state index in [1.54, 1.807) is 11.1 Å². The van der Waals surface area contributed by atoms with Gasteiger partial charge in [-0.1, -0.05) is 30.3 Å². The van der Waals surface area contributed by atoms with Crippen molar-refractivity contribution < 1.29 is 0 Å². The lowest BCUT2D eigenvalue weighted by Crippen LogP contribution is -2.28. The zero-order chi connectivity index (χ0) is 14.2. The molecule has 0 fully saturated rings. The molecule has 21 heavy (non-hydrogen) atoms. The van der Waals surface area contributed by atoms with Crippen LogP contribution in [0.5, 0.6) is 0 Å². The van der Waals surface area contributed by atoms with Crippen molar-refractivity contribution >= 4 is 11.4 Å². The molecule has 1 aliphatic heterocycles. The van der Waals surface area contributed by atoms with Crippen molar-refractivity contribution in [2.24, 2.45) is 0 Å². The third-order valence-electron chi connectivity index (χ3n) is 5.04. The monoisotopic (exact) mass is 278 g/mol. The van der Waals surface area contributed by atoms with Crippen molar-refractivity contribution in [1.29, 1.82) is 0 Å². The molecule has 0 amide bonds. The maximum absolute atomic E-state index is 5.98. The van der Waals surface area contributed by atoms with E-state index in [4.69, 9.17) is 5.73 Å². The first-order valence-corrected chi connectivity index (χ1v) is 8.02. The van der Waals surface area contributed by atoms with E-state index >= 15 is 0 Å². The second-order valence-electron chi connectivity index (χ2n) is 6.37. The first kappa shape index (κ1) is 12.8. The van der Waals surface area contributed by atoms with Gasteiger partial charge in [-0.25, -0.2) is 0 Å². The molecule has 2 aliphatic rings. The minimum absolute atomic E-state index is 0.669. The minimum Gasteiger partial charge on any atom is -0.399 e. The molecule has 2 aromatic carbocycles. The smallest absolute Gasteiger partial charge is 0.0420 e. The van der Waals surface area contributed by atoms with Crippen molar-refractivity contribution in [1.82, 2.24) is 0 Å². The quantitative estimate of drug-likeness (QED) is 0.848. The van der Waals surface area contributed by atoms with Crippen LogP contribution in [0.2, 0.25) is 0 Å². The second kappa shape index (κ2) is 5.10. The molecule has 0 aromatic heterocycles. The molecule has 4 rings (SSSR count). The first-order chi connectivity index (χ1) is 10.3.